The fourth-order valence-corrected chi connectivity index (χ4v) is 2.04. The topological polar surface area (TPSA) is 125 Å². The second-order valence-electron chi connectivity index (χ2n) is 4.62. The van der Waals surface area contributed by atoms with Gasteiger partial charge in [0, 0.05) is 23.5 Å². The molecule has 0 spiro atoms. The number of primary amides is 1. The first-order valence-electron chi connectivity index (χ1n) is 6.37. The number of carbonyl (C=O) groups excluding carboxylic acids is 2. The van der Waals surface area contributed by atoms with Crippen LogP contribution in [0.4, 0.5) is 0 Å². The number of amides is 2. The van der Waals surface area contributed by atoms with E-state index in [1.165, 1.54) is 6.20 Å². The number of aromatic nitrogens is 1. The Kier molecular flexibility index (Phi) is 4.22. The van der Waals surface area contributed by atoms with Crippen LogP contribution in [0.3, 0.4) is 0 Å². The zero-order valence-electron chi connectivity index (χ0n) is 11.1. The van der Waals surface area contributed by atoms with Crippen LogP contribution in [-0.2, 0) is 9.59 Å². The first-order chi connectivity index (χ1) is 9.99. The number of benzene rings is 1. The number of carboxylic acids is 1. The molecule has 2 amide bonds. The monoisotopic (exact) mass is 289 g/mol. The molecular formula is C14H15N3O4. The number of nitrogens with one attached hydrogen (secondary N) is 2. The number of hydrogen-bond acceptors (Lipinski definition) is 3. The van der Waals surface area contributed by atoms with Gasteiger partial charge in [-0.1, -0.05) is 18.2 Å². The van der Waals surface area contributed by atoms with E-state index in [0.717, 1.165) is 5.52 Å². The zero-order chi connectivity index (χ0) is 15.4. The second-order valence-corrected chi connectivity index (χ2v) is 4.62. The van der Waals surface area contributed by atoms with Gasteiger partial charge < -0.3 is 21.1 Å². The number of nitrogens with two attached hydrogens (primary N) is 1. The van der Waals surface area contributed by atoms with E-state index in [2.05, 4.69) is 10.3 Å². The number of para-hydroxylation sites is 1. The Balaban J connectivity index is 2.15. The lowest BCUT2D eigenvalue weighted by molar-refractivity contribution is -0.139. The van der Waals surface area contributed by atoms with Gasteiger partial charge in [0.15, 0.2) is 0 Å². The largest absolute Gasteiger partial charge is 0.480 e. The van der Waals surface area contributed by atoms with Gasteiger partial charge in [-0.25, -0.2) is 4.79 Å². The van der Waals surface area contributed by atoms with Crippen molar-refractivity contribution in [2.24, 2.45) is 5.73 Å². The highest BCUT2D eigenvalue weighted by atomic mass is 16.4. The highest BCUT2D eigenvalue weighted by Crippen LogP contribution is 2.17. The molecule has 110 valence electrons. The fraction of sp³-hybridized carbons (Fsp3) is 0.214. The Morgan fingerprint density at radius 3 is 2.67 bits per heavy atom. The number of fused-ring (bicyclic) bond motifs is 1. The molecule has 2 rings (SSSR count). The van der Waals surface area contributed by atoms with E-state index in [4.69, 9.17) is 10.8 Å². The normalized spacial score (nSPS) is 12.0. The van der Waals surface area contributed by atoms with Crippen molar-refractivity contribution in [2.45, 2.75) is 18.9 Å². The molecule has 1 heterocycles. The summed E-state index contributed by atoms with van der Waals surface area (Å²) in [5.74, 6) is -2.32. The summed E-state index contributed by atoms with van der Waals surface area (Å²) in [5.41, 5.74) is 6.13. The van der Waals surface area contributed by atoms with E-state index in [-0.39, 0.29) is 12.8 Å². The number of H-pyrrole nitrogens is 1. The van der Waals surface area contributed by atoms with Crippen LogP contribution in [0.25, 0.3) is 10.9 Å². The molecular weight excluding hydrogens is 274 g/mol. The minimum Gasteiger partial charge on any atom is -0.480 e. The Morgan fingerprint density at radius 2 is 2.00 bits per heavy atom. The van der Waals surface area contributed by atoms with E-state index in [9.17, 15) is 14.4 Å². The van der Waals surface area contributed by atoms with E-state index in [1.54, 1.807) is 12.1 Å². The molecule has 1 atom stereocenters. The molecule has 7 nitrogen and oxygen atoms in total. The average Bonchev–Trinajstić information content (AvgIpc) is 2.86. The van der Waals surface area contributed by atoms with Gasteiger partial charge in [0.2, 0.25) is 5.91 Å². The highest BCUT2D eigenvalue weighted by molar-refractivity contribution is 6.07. The predicted octanol–water partition coefficient (Wildman–Crippen LogP) is 0.616. The van der Waals surface area contributed by atoms with Crippen molar-refractivity contribution in [3.63, 3.8) is 0 Å². The van der Waals surface area contributed by atoms with Crippen molar-refractivity contribution in [3.05, 3.63) is 36.0 Å². The summed E-state index contributed by atoms with van der Waals surface area (Å²) in [4.78, 5) is 36.9. The number of aliphatic carboxylic acids is 1. The Labute approximate surface area is 120 Å². The summed E-state index contributed by atoms with van der Waals surface area (Å²) < 4.78 is 0. The standard InChI is InChI=1S/C14H15N3O4/c15-12(18)6-5-11(14(20)21)17-13(19)9-7-16-10-4-2-1-3-8(9)10/h1-4,7,11,16H,5-6H2,(H2,15,18)(H,17,19)(H,20,21). The minimum absolute atomic E-state index is 0.0429. The van der Waals surface area contributed by atoms with Gasteiger partial charge in [-0.15, -0.1) is 0 Å². The summed E-state index contributed by atoms with van der Waals surface area (Å²) in [6.07, 6.45) is 1.37. The van der Waals surface area contributed by atoms with Gasteiger partial charge in [0.25, 0.3) is 5.91 Å². The molecule has 0 bridgehead atoms. The third-order valence-corrected chi connectivity index (χ3v) is 3.12. The van der Waals surface area contributed by atoms with Crippen LogP contribution in [-0.4, -0.2) is 33.9 Å². The number of carboxylic acid groups (broad SMARTS) is 1. The molecule has 1 unspecified atom stereocenters. The Hall–Kier alpha value is -2.83. The van der Waals surface area contributed by atoms with Gasteiger partial charge in [0.1, 0.15) is 6.04 Å². The van der Waals surface area contributed by atoms with Crippen LogP contribution in [0, 0.1) is 0 Å². The fourth-order valence-electron chi connectivity index (χ4n) is 2.04. The van der Waals surface area contributed by atoms with Gasteiger partial charge in [-0.2, -0.15) is 0 Å². The van der Waals surface area contributed by atoms with Crippen molar-refractivity contribution in [3.8, 4) is 0 Å². The van der Waals surface area contributed by atoms with Gasteiger partial charge in [-0.05, 0) is 12.5 Å². The van der Waals surface area contributed by atoms with Crippen LogP contribution >= 0.6 is 0 Å². The van der Waals surface area contributed by atoms with Gasteiger partial charge >= 0.3 is 5.97 Å². The third kappa shape index (κ3) is 3.38. The Bertz CT molecular complexity index is 692. The molecule has 0 fully saturated rings. The molecule has 0 aliphatic heterocycles. The van der Waals surface area contributed by atoms with Crippen LogP contribution in [0.5, 0.6) is 0 Å². The lowest BCUT2D eigenvalue weighted by Crippen LogP contribution is -2.41. The first kappa shape index (κ1) is 14.6. The highest BCUT2D eigenvalue weighted by Gasteiger charge is 2.22. The van der Waals surface area contributed by atoms with Crippen LogP contribution in [0.2, 0.25) is 0 Å². The average molecular weight is 289 g/mol. The summed E-state index contributed by atoms with van der Waals surface area (Å²) in [7, 11) is 0. The molecule has 1 aromatic heterocycles. The predicted molar refractivity (Wildman–Crippen MR) is 75.6 cm³/mol. The number of hydrogen-bond donors (Lipinski definition) is 4. The molecule has 21 heavy (non-hydrogen) atoms. The zero-order valence-corrected chi connectivity index (χ0v) is 11.1. The van der Waals surface area contributed by atoms with Crippen molar-refractivity contribution in [1.29, 1.82) is 0 Å². The van der Waals surface area contributed by atoms with Gasteiger partial charge in [-0.3, -0.25) is 9.59 Å². The maximum Gasteiger partial charge on any atom is 0.326 e. The molecule has 7 heteroatoms. The molecule has 0 aliphatic rings. The molecule has 0 saturated carbocycles. The third-order valence-electron chi connectivity index (χ3n) is 3.12. The molecule has 1 aromatic carbocycles. The minimum atomic E-state index is -1.20. The smallest absolute Gasteiger partial charge is 0.326 e. The first-order valence-corrected chi connectivity index (χ1v) is 6.37. The second kappa shape index (κ2) is 6.08. The van der Waals surface area contributed by atoms with E-state index in [0.29, 0.717) is 10.9 Å². The maximum atomic E-state index is 12.2. The maximum absolute atomic E-state index is 12.2. The van der Waals surface area contributed by atoms with Crippen LogP contribution in [0.15, 0.2) is 30.5 Å². The number of carbonyl (C=O) groups is 3. The van der Waals surface area contributed by atoms with Crippen LogP contribution in [0.1, 0.15) is 23.2 Å². The van der Waals surface area contributed by atoms with Gasteiger partial charge in [0.05, 0.1) is 5.56 Å². The van der Waals surface area contributed by atoms with E-state index < -0.39 is 23.8 Å². The number of aromatic amines is 1. The van der Waals surface area contributed by atoms with Crippen molar-refractivity contribution < 1.29 is 19.5 Å². The van der Waals surface area contributed by atoms with E-state index >= 15 is 0 Å². The van der Waals surface area contributed by atoms with Crippen molar-refractivity contribution in [2.75, 3.05) is 0 Å². The van der Waals surface area contributed by atoms with Crippen molar-refractivity contribution in [1.82, 2.24) is 10.3 Å². The molecule has 0 saturated heterocycles. The quantitative estimate of drug-likeness (QED) is 0.621. The summed E-state index contributed by atoms with van der Waals surface area (Å²) in [5, 5.41) is 12.2. The summed E-state index contributed by atoms with van der Waals surface area (Å²) >= 11 is 0. The van der Waals surface area contributed by atoms with Crippen molar-refractivity contribution >= 4 is 28.7 Å². The molecule has 0 radical (unpaired) electrons. The van der Waals surface area contributed by atoms with E-state index in [1.807, 2.05) is 12.1 Å². The lowest BCUT2D eigenvalue weighted by Gasteiger charge is -2.13. The lowest BCUT2D eigenvalue weighted by atomic mass is 10.1. The summed E-state index contributed by atoms with van der Waals surface area (Å²) in [6.45, 7) is 0. The van der Waals surface area contributed by atoms with Crippen LogP contribution < -0.4 is 11.1 Å². The Morgan fingerprint density at radius 1 is 1.29 bits per heavy atom. The molecule has 5 N–H and O–H groups in total. The number of rotatable bonds is 6. The SMILES string of the molecule is NC(=O)CCC(NC(=O)c1c[nH]c2ccccc12)C(=O)O. The molecule has 2 aromatic rings. The summed E-state index contributed by atoms with van der Waals surface area (Å²) in [6, 6.07) is 6.04. The molecule has 0 aliphatic carbocycles.